The van der Waals surface area contributed by atoms with Crippen molar-refractivity contribution in [2.75, 3.05) is 19.4 Å². The number of methoxy groups -OCH3 is 1. The molecule has 1 aromatic carbocycles. The van der Waals surface area contributed by atoms with Gasteiger partial charge in [-0.15, -0.1) is 0 Å². The summed E-state index contributed by atoms with van der Waals surface area (Å²) < 4.78 is 10.3. The third kappa shape index (κ3) is 5.85. The number of carbonyl (C=O) groups excluding carboxylic acids is 1. The van der Waals surface area contributed by atoms with Crippen LogP contribution in [0.2, 0.25) is 0 Å². The molecule has 0 radical (unpaired) electrons. The SMILES string of the molecule is CCC(CNC(=O)OC(C)(C)C)(Cc1ccc(OC)c(N)c1)C(=O)O. The van der Waals surface area contributed by atoms with Crippen molar-refractivity contribution >= 4 is 17.7 Å². The molecular weight excluding hydrogens is 324 g/mol. The summed E-state index contributed by atoms with van der Waals surface area (Å²) in [6, 6.07) is 5.17. The minimum Gasteiger partial charge on any atom is -0.495 e. The van der Waals surface area contributed by atoms with Gasteiger partial charge in [0.1, 0.15) is 11.4 Å². The molecule has 0 aromatic heterocycles. The highest BCUT2D eigenvalue weighted by Crippen LogP contribution is 2.30. The molecule has 0 spiro atoms. The third-order valence-electron chi connectivity index (χ3n) is 3.94. The van der Waals surface area contributed by atoms with Crippen LogP contribution in [0.5, 0.6) is 5.75 Å². The van der Waals surface area contributed by atoms with Crippen molar-refractivity contribution in [3.05, 3.63) is 23.8 Å². The summed E-state index contributed by atoms with van der Waals surface area (Å²) in [4.78, 5) is 23.8. The van der Waals surface area contributed by atoms with E-state index in [1.807, 2.05) is 0 Å². The first kappa shape index (κ1) is 20.6. The lowest BCUT2D eigenvalue weighted by Gasteiger charge is -2.29. The highest BCUT2D eigenvalue weighted by Gasteiger charge is 2.38. The second kappa shape index (κ2) is 8.09. The summed E-state index contributed by atoms with van der Waals surface area (Å²) in [7, 11) is 1.52. The Morgan fingerprint density at radius 1 is 1.28 bits per heavy atom. The Morgan fingerprint density at radius 2 is 1.92 bits per heavy atom. The van der Waals surface area contributed by atoms with Gasteiger partial charge in [-0.05, 0) is 51.3 Å². The molecule has 1 rings (SSSR count). The number of alkyl carbamates (subject to hydrolysis) is 1. The molecule has 0 aliphatic carbocycles. The van der Waals surface area contributed by atoms with Crippen LogP contribution in [0.4, 0.5) is 10.5 Å². The summed E-state index contributed by atoms with van der Waals surface area (Å²) >= 11 is 0. The van der Waals surface area contributed by atoms with Crippen LogP contribution in [0.15, 0.2) is 18.2 Å². The number of aliphatic carboxylic acids is 1. The number of hydrogen-bond acceptors (Lipinski definition) is 5. The molecule has 0 bridgehead atoms. The van der Waals surface area contributed by atoms with E-state index < -0.39 is 23.1 Å². The van der Waals surface area contributed by atoms with Gasteiger partial charge in [0, 0.05) is 6.54 Å². The largest absolute Gasteiger partial charge is 0.495 e. The number of hydrogen-bond donors (Lipinski definition) is 3. The number of rotatable bonds is 7. The van der Waals surface area contributed by atoms with Crippen LogP contribution < -0.4 is 15.8 Å². The number of carbonyl (C=O) groups is 2. The Balaban J connectivity index is 2.94. The lowest BCUT2D eigenvalue weighted by atomic mass is 9.79. The van der Waals surface area contributed by atoms with Crippen LogP contribution in [0.1, 0.15) is 39.7 Å². The van der Waals surface area contributed by atoms with Crippen LogP contribution in [0, 0.1) is 5.41 Å². The van der Waals surface area contributed by atoms with Gasteiger partial charge in [0.2, 0.25) is 0 Å². The summed E-state index contributed by atoms with van der Waals surface area (Å²) in [5.41, 5.74) is 5.29. The van der Waals surface area contributed by atoms with E-state index in [2.05, 4.69) is 5.32 Å². The molecule has 7 heteroatoms. The second-order valence-corrected chi connectivity index (χ2v) is 7.05. The zero-order chi connectivity index (χ0) is 19.3. The van der Waals surface area contributed by atoms with Crippen LogP contribution in [-0.2, 0) is 16.0 Å². The van der Waals surface area contributed by atoms with Crippen molar-refractivity contribution < 1.29 is 24.2 Å². The van der Waals surface area contributed by atoms with Gasteiger partial charge in [-0.3, -0.25) is 4.79 Å². The van der Waals surface area contributed by atoms with Crippen molar-refractivity contribution in [2.45, 2.75) is 46.1 Å². The minimum atomic E-state index is -1.15. The minimum absolute atomic E-state index is 0.0420. The van der Waals surface area contributed by atoms with E-state index in [0.717, 1.165) is 5.56 Å². The molecule has 0 fully saturated rings. The molecule has 0 aliphatic heterocycles. The number of benzene rings is 1. The first-order valence-corrected chi connectivity index (χ1v) is 8.15. The number of carboxylic acid groups (broad SMARTS) is 1. The number of ether oxygens (including phenoxy) is 2. The van der Waals surface area contributed by atoms with Crippen LogP contribution in [0.3, 0.4) is 0 Å². The van der Waals surface area contributed by atoms with E-state index in [0.29, 0.717) is 17.9 Å². The maximum absolute atomic E-state index is 11.9. The molecule has 4 N–H and O–H groups in total. The molecular formula is C18H28N2O5. The van der Waals surface area contributed by atoms with Crippen LogP contribution in [0.25, 0.3) is 0 Å². The smallest absolute Gasteiger partial charge is 0.407 e. The average Bonchev–Trinajstić information content (AvgIpc) is 2.49. The third-order valence-corrected chi connectivity index (χ3v) is 3.94. The summed E-state index contributed by atoms with van der Waals surface area (Å²) in [6.07, 6.45) is -0.0757. The standard InChI is InChI=1S/C18H28N2O5/c1-6-18(15(21)22,11-20-16(23)25-17(2,3)4)10-12-7-8-14(24-5)13(19)9-12/h7-9H,6,10-11,19H2,1-5H3,(H,20,23)(H,21,22). The summed E-state index contributed by atoms with van der Waals surface area (Å²) in [5, 5.41) is 12.3. The predicted octanol–water partition coefficient (Wildman–Crippen LogP) is 2.83. The Labute approximate surface area is 148 Å². The zero-order valence-electron chi connectivity index (χ0n) is 15.5. The number of amides is 1. The average molecular weight is 352 g/mol. The van der Waals surface area contributed by atoms with Gasteiger partial charge in [0.05, 0.1) is 18.2 Å². The Kier molecular flexibility index (Phi) is 6.67. The Hall–Kier alpha value is -2.44. The van der Waals surface area contributed by atoms with Crippen molar-refractivity contribution in [1.29, 1.82) is 0 Å². The van der Waals surface area contributed by atoms with E-state index in [4.69, 9.17) is 15.2 Å². The second-order valence-electron chi connectivity index (χ2n) is 7.05. The van der Waals surface area contributed by atoms with Crippen LogP contribution >= 0.6 is 0 Å². The van der Waals surface area contributed by atoms with Crippen molar-refractivity contribution in [3.8, 4) is 5.75 Å². The number of nitrogens with two attached hydrogens (primary N) is 1. The van der Waals surface area contributed by atoms with Crippen LogP contribution in [-0.4, -0.2) is 36.4 Å². The van der Waals surface area contributed by atoms with E-state index in [9.17, 15) is 14.7 Å². The normalized spacial score (nSPS) is 13.6. The Bertz CT molecular complexity index is 624. The number of nitrogen functional groups attached to an aromatic ring is 1. The van der Waals surface area contributed by atoms with Gasteiger partial charge in [0.25, 0.3) is 0 Å². The molecule has 7 nitrogen and oxygen atoms in total. The highest BCUT2D eigenvalue weighted by atomic mass is 16.6. The molecule has 0 heterocycles. The van der Waals surface area contributed by atoms with Gasteiger partial charge in [-0.2, -0.15) is 0 Å². The Morgan fingerprint density at radius 3 is 2.36 bits per heavy atom. The fourth-order valence-electron chi connectivity index (χ4n) is 2.46. The van der Waals surface area contributed by atoms with Gasteiger partial charge >= 0.3 is 12.1 Å². The topological polar surface area (TPSA) is 111 Å². The molecule has 1 atom stereocenters. The first-order chi connectivity index (χ1) is 11.5. The van der Waals surface area contributed by atoms with Gasteiger partial charge < -0.3 is 25.6 Å². The quantitative estimate of drug-likeness (QED) is 0.651. The maximum Gasteiger partial charge on any atom is 0.407 e. The van der Waals surface area contributed by atoms with E-state index in [-0.39, 0.29) is 13.0 Å². The van der Waals surface area contributed by atoms with E-state index >= 15 is 0 Å². The molecule has 1 aromatic rings. The summed E-state index contributed by atoms with van der Waals surface area (Å²) in [5.74, 6) is -0.450. The van der Waals surface area contributed by atoms with Gasteiger partial charge in [0.15, 0.2) is 0 Å². The molecule has 1 unspecified atom stereocenters. The molecule has 0 aliphatic rings. The fraction of sp³-hybridized carbons (Fsp3) is 0.556. The monoisotopic (exact) mass is 352 g/mol. The number of nitrogens with one attached hydrogen (secondary N) is 1. The molecule has 0 saturated carbocycles. The molecule has 140 valence electrons. The van der Waals surface area contributed by atoms with E-state index in [1.165, 1.54) is 7.11 Å². The highest BCUT2D eigenvalue weighted by molar-refractivity contribution is 5.77. The van der Waals surface area contributed by atoms with E-state index in [1.54, 1.807) is 45.9 Å². The van der Waals surface area contributed by atoms with Crippen molar-refractivity contribution in [1.82, 2.24) is 5.32 Å². The molecule has 25 heavy (non-hydrogen) atoms. The number of carboxylic acids is 1. The molecule has 1 amide bonds. The van der Waals surface area contributed by atoms with Gasteiger partial charge in [-0.1, -0.05) is 13.0 Å². The van der Waals surface area contributed by atoms with Crippen molar-refractivity contribution in [3.63, 3.8) is 0 Å². The first-order valence-electron chi connectivity index (χ1n) is 8.15. The summed E-state index contributed by atoms with van der Waals surface area (Å²) in [6.45, 7) is 6.97. The van der Waals surface area contributed by atoms with Gasteiger partial charge in [-0.25, -0.2) is 4.79 Å². The predicted molar refractivity (Wildman–Crippen MR) is 95.7 cm³/mol. The maximum atomic E-state index is 11.9. The number of anilines is 1. The lowest BCUT2D eigenvalue weighted by molar-refractivity contribution is -0.148. The lowest BCUT2D eigenvalue weighted by Crippen LogP contribution is -2.45. The zero-order valence-corrected chi connectivity index (χ0v) is 15.5. The molecule has 0 saturated heterocycles. The van der Waals surface area contributed by atoms with Crippen molar-refractivity contribution in [2.24, 2.45) is 5.41 Å². The fourth-order valence-corrected chi connectivity index (χ4v) is 2.46.